The van der Waals surface area contributed by atoms with Gasteiger partial charge >= 0.3 is 5.97 Å². The number of carbonyl (C=O) groups excluding carboxylic acids is 1. The van der Waals surface area contributed by atoms with Crippen LogP contribution in [0.5, 0.6) is 5.75 Å². The number of hydrazine groups is 1. The predicted molar refractivity (Wildman–Crippen MR) is 88.1 cm³/mol. The summed E-state index contributed by atoms with van der Waals surface area (Å²) in [6.07, 6.45) is 2.79. The molecule has 0 spiro atoms. The van der Waals surface area contributed by atoms with Crippen molar-refractivity contribution in [1.82, 2.24) is 16.2 Å². The first-order valence-corrected chi connectivity index (χ1v) is 8.72. The van der Waals surface area contributed by atoms with Crippen molar-refractivity contribution in [2.75, 3.05) is 12.0 Å². The fraction of sp³-hybridized carbons (Fsp3) is 0.467. The van der Waals surface area contributed by atoms with E-state index in [1.54, 1.807) is 36.0 Å². The monoisotopic (exact) mass is 339 g/mol. The largest absolute Gasteiger partial charge is 0.508 e. The third-order valence-corrected chi connectivity index (χ3v) is 4.38. The van der Waals surface area contributed by atoms with E-state index in [-0.39, 0.29) is 17.7 Å². The lowest BCUT2D eigenvalue weighted by Crippen LogP contribution is -2.49. The number of amides is 1. The van der Waals surface area contributed by atoms with E-state index in [0.717, 1.165) is 5.56 Å². The van der Waals surface area contributed by atoms with Crippen molar-refractivity contribution in [3.05, 3.63) is 29.8 Å². The van der Waals surface area contributed by atoms with Gasteiger partial charge in [-0.15, -0.1) is 0 Å². The summed E-state index contributed by atoms with van der Waals surface area (Å²) in [5.74, 6) is -0.489. The average Bonchev–Trinajstić information content (AvgIpc) is 3.01. The number of rotatable bonds is 7. The smallest absolute Gasteiger partial charge is 0.326 e. The summed E-state index contributed by atoms with van der Waals surface area (Å²) in [7, 11) is 0. The summed E-state index contributed by atoms with van der Waals surface area (Å²) in [4.78, 5) is 23.4. The molecule has 23 heavy (non-hydrogen) atoms. The summed E-state index contributed by atoms with van der Waals surface area (Å²) in [6.45, 7) is 0. The standard InChI is InChI=1S/C15H21N3O4S/c1-23-7-6-11(15(21)22)16-14(20)13-8-12(17-18-13)9-2-4-10(19)5-3-9/h2-5,11-13,17-19H,6-8H2,1H3,(H,16,20)(H,21,22). The summed E-state index contributed by atoms with van der Waals surface area (Å²) in [5.41, 5.74) is 6.87. The summed E-state index contributed by atoms with van der Waals surface area (Å²) in [5, 5.41) is 21.0. The van der Waals surface area contributed by atoms with Crippen molar-refractivity contribution in [2.45, 2.75) is 31.0 Å². The number of phenols is 1. The Balaban J connectivity index is 1.91. The molecule has 1 aromatic rings. The minimum absolute atomic E-state index is 0.0687. The van der Waals surface area contributed by atoms with Crippen molar-refractivity contribution >= 4 is 23.6 Å². The van der Waals surface area contributed by atoms with E-state index < -0.39 is 18.1 Å². The van der Waals surface area contributed by atoms with Crippen LogP contribution in [0.15, 0.2) is 24.3 Å². The average molecular weight is 339 g/mol. The van der Waals surface area contributed by atoms with E-state index in [0.29, 0.717) is 18.6 Å². The Kier molecular flexibility index (Phi) is 6.26. The zero-order valence-electron chi connectivity index (χ0n) is 12.8. The first-order valence-electron chi connectivity index (χ1n) is 7.33. The highest BCUT2D eigenvalue weighted by Gasteiger charge is 2.32. The van der Waals surface area contributed by atoms with Crippen LogP contribution in [0.1, 0.15) is 24.4 Å². The molecule has 8 heteroatoms. The van der Waals surface area contributed by atoms with Crippen molar-refractivity contribution in [3.63, 3.8) is 0 Å². The van der Waals surface area contributed by atoms with Gasteiger partial charge in [0.15, 0.2) is 0 Å². The Morgan fingerprint density at radius 2 is 2.04 bits per heavy atom. The van der Waals surface area contributed by atoms with Crippen LogP contribution in [-0.4, -0.2) is 46.2 Å². The van der Waals surface area contributed by atoms with Crippen molar-refractivity contribution in [3.8, 4) is 5.75 Å². The van der Waals surface area contributed by atoms with Crippen LogP contribution in [0.2, 0.25) is 0 Å². The second kappa shape index (κ2) is 8.19. The molecule has 1 amide bonds. The molecule has 1 aliphatic heterocycles. The molecule has 3 atom stereocenters. The van der Waals surface area contributed by atoms with E-state index >= 15 is 0 Å². The van der Waals surface area contributed by atoms with Crippen LogP contribution in [-0.2, 0) is 9.59 Å². The van der Waals surface area contributed by atoms with Gasteiger partial charge in [0.25, 0.3) is 0 Å². The topological polar surface area (TPSA) is 111 Å². The maximum Gasteiger partial charge on any atom is 0.326 e. The van der Waals surface area contributed by atoms with Crippen LogP contribution >= 0.6 is 11.8 Å². The van der Waals surface area contributed by atoms with E-state index in [1.807, 2.05) is 6.26 Å². The number of aromatic hydroxyl groups is 1. The molecule has 7 nitrogen and oxygen atoms in total. The number of nitrogens with one attached hydrogen (secondary N) is 3. The highest BCUT2D eigenvalue weighted by molar-refractivity contribution is 7.98. The van der Waals surface area contributed by atoms with Crippen LogP contribution in [0, 0.1) is 0 Å². The summed E-state index contributed by atoms with van der Waals surface area (Å²) in [6, 6.07) is 5.32. The zero-order chi connectivity index (χ0) is 16.8. The Hall–Kier alpha value is -1.77. The highest BCUT2D eigenvalue weighted by Crippen LogP contribution is 2.24. The van der Waals surface area contributed by atoms with Gasteiger partial charge in [0, 0.05) is 6.04 Å². The lowest BCUT2D eigenvalue weighted by atomic mass is 10.0. The quantitative estimate of drug-likeness (QED) is 0.495. The molecular formula is C15H21N3O4S. The molecule has 0 bridgehead atoms. The molecule has 1 fully saturated rings. The molecule has 2 rings (SSSR count). The van der Waals surface area contributed by atoms with Gasteiger partial charge in [-0.25, -0.2) is 15.6 Å². The number of hydrogen-bond donors (Lipinski definition) is 5. The van der Waals surface area contributed by atoms with Crippen molar-refractivity contribution < 1.29 is 19.8 Å². The summed E-state index contributed by atoms with van der Waals surface area (Å²) >= 11 is 1.54. The van der Waals surface area contributed by atoms with Gasteiger partial charge < -0.3 is 15.5 Å². The lowest BCUT2D eigenvalue weighted by Gasteiger charge is -2.16. The fourth-order valence-corrected chi connectivity index (χ4v) is 2.89. The highest BCUT2D eigenvalue weighted by atomic mass is 32.2. The number of aliphatic carboxylic acids is 1. The van der Waals surface area contributed by atoms with Crippen LogP contribution < -0.4 is 16.2 Å². The van der Waals surface area contributed by atoms with Crippen molar-refractivity contribution in [2.24, 2.45) is 0 Å². The molecule has 0 saturated carbocycles. The molecule has 1 aromatic carbocycles. The maximum atomic E-state index is 12.2. The second-order valence-electron chi connectivity index (χ2n) is 5.40. The van der Waals surface area contributed by atoms with E-state index in [2.05, 4.69) is 16.2 Å². The van der Waals surface area contributed by atoms with Crippen molar-refractivity contribution in [1.29, 1.82) is 0 Å². The molecule has 1 saturated heterocycles. The molecule has 0 radical (unpaired) electrons. The molecule has 0 aliphatic carbocycles. The Bertz CT molecular complexity index is 552. The van der Waals surface area contributed by atoms with Gasteiger partial charge in [-0.3, -0.25) is 4.79 Å². The van der Waals surface area contributed by atoms with E-state index in [1.165, 1.54) is 0 Å². The van der Waals surface area contributed by atoms with Gasteiger partial charge in [-0.05, 0) is 42.5 Å². The minimum Gasteiger partial charge on any atom is -0.508 e. The molecule has 1 heterocycles. The molecule has 3 unspecified atom stereocenters. The maximum absolute atomic E-state index is 12.2. The number of carboxylic acid groups (broad SMARTS) is 1. The van der Waals surface area contributed by atoms with E-state index in [9.17, 15) is 14.7 Å². The number of hydrogen-bond acceptors (Lipinski definition) is 6. The Morgan fingerprint density at radius 1 is 1.35 bits per heavy atom. The second-order valence-corrected chi connectivity index (χ2v) is 6.39. The van der Waals surface area contributed by atoms with Gasteiger partial charge in [0.05, 0.1) is 0 Å². The molecule has 0 aromatic heterocycles. The lowest BCUT2D eigenvalue weighted by molar-refractivity contribution is -0.142. The van der Waals surface area contributed by atoms with Gasteiger partial charge in [-0.2, -0.15) is 11.8 Å². The number of thioether (sulfide) groups is 1. The van der Waals surface area contributed by atoms with Crippen LogP contribution in [0.4, 0.5) is 0 Å². The number of benzene rings is 1. The van der Waals surface area contributed by atoms with Crippen LogP contribution in [0.25, 0.3) is 0 Å². The third-order valence-electron chi connectivity index (χ3n) is 3.74. The normalized spacial score (nSPS) is 21.8. The number of carbonyl (C=O) groups is 2. The first-order chi connectivity index (χ1) is 11.0. The SMILES string of the molecule is CSCCC(NC(=O)C1CC(c2ccc(O)cc2)NN1)C(=O)O. The molecule has 126 valence electrons. The Labute approximate surface area is 138 Å². The fourth-order valence-electron chi connectivity index (χ4n) is 2.42. The molecule has 5 N–H and O–H groups in total. The summed E-state index contributed by atoms with van der Waals surface area (Å²) < 4.78 is 0. The van der Waals surface area contributed by atoms with Gasteiger partial charge in [-0.1, -0.05) is 12.1 Å². The Morgan fingerprint density at radius 3 is 2.65 bits per heavy atom. The van der Waals surface area contributed by atoms with Gasteiger partial charge in [0.2, 0.25) is 5.91 Å². The van der Waals surface area contributed by atoms with E-state index in [4.69, 9.17) is 5.11 Å². The minimum atomic E-state index is -1.02. The van der Waals surface area contributed by atoms with Gasteiger partial charge in [0.1, 0.15) is 17.8 Å². The number of phenolic OH excluding ortho intramolecular Hbond substituents is 1. The first kappa shape index (κ1) is 17.6. The number of carboxylic acids is 1. The molecule has 1 aliphatic rings. The predicted octanol–water partition coefficient (Wildman–Crippen LogP) is 0.622. The molecular weight excluding hydrogens is 318 g/mol. The third kappa shape index (κ3) is 4.85. The zero-order valence-corrected chi connectivity index (χ0v) is 13.6. The van der Waals surface area contributed by atoms with Crippen LogP contribution in [0.3, 0.4) is 0 Å².